The van der Waals surface area contributed by atoms with Crippen molar-refractivity contribution in [3.05, 3.63) is 41.5 Å². The molecule has 2 amide bonds. The number of urea groups is 1. The summed E-state index contributed by atoms with van der Waals surface area (Å²) in [6.07, 6.45) is 3.37. The number of hydrogen-bond donors (Lipinski definition) is 2. The topological polar surface area (TPSA) is 84.0 Å². The van der Waals surface area contributed by atoms with Crippen LogP contribution in [0, 0.1) is 0 Å². The van der Waals surface area contributed by atoms with Gasteiger partial charge in [-0.2, -0.15) is 0 Å². The Balaban J connectivity index is 2.16. The smallest absolute Gasteiger partial charge is 0.320 e. The number of nitrogens with one attached hydrogen (secondary N) is 2. The summed E-state index contributed by atoms with van der Waals surface area (Å²) in [5.74, 6) is 0.456. The second-order valence-electron chi connectivity index (χ2n) is 4.88. The molecule has 0 aliphatic heterocycles. The molecule has 0 saturated heterocycles. The van der Waals surface area contributed by atoms with E-state index in [1.54, 1.807) is 31.6 Å². The Hall–Kier alpha value is -2.80. The van der Waals surface area contributed by atoms with Crippen LogP contribution in [0.5, 0.6) is 0 Å². The van der Waals surface area contributed by atoms with Gasteiger partial charge in [0.15, 0.2) is 5.78 Å². The summed E-state index contributed by atoms with van der Waals surface area (Å²) in [5, 5.41) is 6.10. The molecule has 3 heterocycles. The molecule has 0 unspecified atom stereocenters. The molecule has 0 spiro atoms. The maximum atomic E-state index is 11.7. The van der Waals surface area contributed by atoms with Crippen LogP contribution in [0.1, 0.15) is 16.6 Å². The molecule has 2 N–H and O–H groups in total. The molecule has 116 valence electrons. The average molecular weight is 326 g/mol. The van der Waals surface area contributed by atoms with Crippen molar-refractivity contribution in [3.8, 4) is 10.4 Å². The van der Waals surface area contributed by atoms with Crippen molar-refractivity contribution in [2.45, 2.75) is 6.92 Å². The Bertz CT molecular complexity index is 904. The lowest BCUT2D eigenvalue weighted by molar-refractivity contribution is 0.102. The van der Waals surface area contributed by atoms with Crippen molar-refractivity contribution in [1.29, 1.82) is 0 Å². The number of aromatic nitrogens is 2. The highest BCUT2D eigenvalue weighted by Gasteiger charge is 2.14. The van der Waals surface area contributed by atoms with Crippen molar-refractivity contribution in [2.24, 2.45) is 0 Å². The summed E-state index contributed by atoms with van der Waals surface area (Å²) in [6.45, 7) is 1.53. The third kappa shape index (κ3) is 3.04. The van der Waals surface area contributed by atoms with Crippen LogP contribution in [0.3, 0.4) is 0 Å². The van der Waals surface area contributed by atoms with Crippen molar-refractivity contribution < 1.29 is 9.59 Å². The molecule has 23 heavy (non-hydrogen) atoms. The molecule has 0 radical (unpaired) electrons. The van der Waals surface area contributed by atoms with Gasteiger partial charge < -0.3 is 5.32 Å². The van der Waals surface area contributed by atoms with Crippen molar-refractivity contribution >= 4 is 39.9 Å². The van der Waals surface area contributed by atoms with Crippen LogP contribution in [0.4, 0.5) is 10.6 Å². The van der Waals surface area contributed by atoms with Gasteiger partial charge in [-0.25, -0.2) is 9.78 Å². The first-order chi connectivity index (χ1) is 11.1. The number of Topliss-reactive ketones (excluding diaryl/α,β-unsaturated/α-hetero) is 1. The average Bonchev–Trinajstić information content (AvgIpc) is 3.04. The summed E-state index contributed by atoms with van der Waals surface area (Å²) in [6, 6.07) is 6.98. The number of carbonyl (C=O) groups excluding carboxylic acids is 2. The van der Waals surface area contributed by atoms with Crippen LogP contribution < -0.4 is 10.6 Å². The maximum absolute atomic E-state index is 11.7. The van der Waals surface area contributed by atoms with E-state index < -0.39 is 0 Å². The minimum Gasteiger partial charge on any atom is -0.341 e. The molecule has 3 aromatic heterocycles. The van der Waals surface area contributed by atoms with Gasteiger partial charge in [-0.3, -0.25) is 15.1 Å². The fourth-order valence-electron chi connectivity index (χ4n) is 2.14. The molecule has 3 rings (SSSR count). The summed E-state index contributed by atoms with van der Waals surface area (Å²) >= 11 is 1.37. The molecule has 0 aliphatic rings. The van der Waals surface area contributed by atoms with Gasteiger partial charge in [0.05, 0.1) is 10.4 Å². The number of nitrogens with zero attached hydrogens (tertiary/aromatic N) is 2. The minimum absolute atomic E-state index is 0.0116. The third-order valence-electron chi connectivity index (χ3n) is 3.29. The Kier molecular flexibility index (Phi) is 4.03. The maximum Gasteiger partial charge on any atom is 0.320 e. The van der Waals surface area contributed by atoms with Gasteiger partial charge >= 0.3 is 6.03 Å². The van der Waals surface area contributed by atoms with E-state index in [4.69, 9.17) is 0 Å². The Morgan fingerprint density at radius 1 is 1.22 bits per heavy atom. The highest BCUT2D eigenvalue weighted by atomic mass is 32.1. The Morgan fingerprint density at radius 2 is 2.04 bits per heavy atom. The van der Waals surface area contributed by atoms with E-state index >= 15 is 0 Å². The van der Waals surface area contributed by atoms with Crippen LogP contribution in [0.2, 0.25) is 0 Å². The van der Waals surface area contributed by atoms with Crippen LogP contribution in [0.15, 0.2) is 36.7 Å². The quantitative estimate of drug-likeness (QED) is 0.723. The Morgan fingerprint density at radius 3 is 2.74 bits per heavy atom. The lowest BCUT2D eigenvalue weighted by Crippen LogP contribution is -2.25. The monoisotopic (exact) mass is 326 g/mol. The Labute approximate surface area is 136 Å². The number of hydrogen-bond acceptors (Lipinski definition) is 5. The molecule has 0 bridgehead atoms. The van der Waals surface area contributed by atoms with Crippen LogP contribution in [0.25, 0.3) is 21.3 Å². The number of thiophene rings is 1. The summed E-state index contributed by atoms with van der Waals surface area (Å²) in [4.78, 5) is 33.3. The van der Waals surface area contributed by atoms with Crippen LogP contribution in [-0.2, 0) is 0 Å². The van der Waals surface area contributed by atoms with Gasteiger partial charge in [0.2, 0.25) is 0 Å². The molecular weight excluding hydrogens is 312 g/mol. The minimum atomic E-state index is -0.351. The molecule has 6 nitrogen and oxygen atoms in total. The zero-order valence-corrected chi connectivity index (χ0v) is 13.4. The first-order valence-electron chi connectivity index (χ1n) is 6.93. The summed E-state index contributed by atoms with van der Waals surface area (Å²) in [7, 11) is 1.54. The van der Waals surface area contributed by atoms with Crippen molar-refractivity contribution in [1.82, 2.24) is 15.3 Å². The normalized spacial score (nSPS) is 10.5. The van der Waals surface area contributed by atoms with E-state index in [0.717, 1.165) is 21.3 Å². The SMILES string of the molecule is CNC(=O)Nc1nc2ccncc2cc1-c1ccc(C(C)=O)s1. The van der Waals surface area contributed by atoms with E-state index in [2.05, 4.69) is 20.6 Å². The first kappa shape index (κ1) is 15.1. The zero-order valence-electron chi connectivity index (χ0n) is 12.6. The first-order valence-corrected chi connectivity index (χ1v) is 7.75. The molecule has 0 fully saturated rings. The molecule has 0 aliphatic carbocycles. The van der Waals surface area contributed by atoms with Gasteiger partial charge in [-0.1, -0.05) is 0 Å². The van der Waals surface area contributed by atoms with Gasteiger partial charge in [0.1, 0.15) is 5.82 Å². The van der Waals surface area contributed by atoms with E-state index in [9.17, 15) is 9.59 Å². The fourth-order valence-corrected chi connectivity index (χ4v) is 3.06. The lowest BCUT2D eigenvalue weighted by Gasteiger charge is -2.10. The van der Waals surface area contributed by atoms with E-state index in [1.807, 2.05) is 12.1 Å². The number of fused-ring (bicyclic) bond motifs is 1. The standard InChI is InChI=1S/C16H14N4O2S/c1-9(21)13-3-4-14(23-13)11-7-10-8-18-6-5-12(10)19-15(11)20-16(22)17-2/h3-8H,1-2H3,(H2,17,19,20,22). The van der Waals surface area contributed by atoms with Gasteiger partial charge in [0.25, 0.3) is 0 Å². The van der Waals surface area contributed by atoms with Crippen LogP contribution >= 0.6 is 11.3 Å². The molecule has 0 atom stereocenters. The lowest BCUT2D eigenvalue weighted by atomic mass is 10.1. The van der Waals surface area contributed by atoms with Gasteiger partial charge in [0, 0.05) is 35.3 Å². The highest BCUT2D eigenvalue weighted by molar-refractivity contribution is 7.17. The fraction of sp³-hybridized carbons (Fsp3) is 0.125. The summed E-state index contributed by atoms with van der Waals surface area (Å²) in [5.41, 5.74) is 1.49. The number of rotatable bonds is 3. The number of pyridine rings is 2. The predicted octanol–water partition coefficient (Wildman–Crippen LogP) is 3.31. The summed E-state index contributed by atoms with van der Waals surface area (Å²) < 4.78 is 0. The second kappa shape index (κ2) is 6.13. The largest absolute Gasteiger partial charge is 0.341 e. The highest BCUT2D eigenvalue weighted by Crippen LogP contribution is 2.34. The van der Waals surface area contributed by atoms with Gasteiger partial charge in [-0.05, 0) is 31.2 Å². The third-order valence-corrected chi connectivity index (χ3v) is 4.51. The molecular formula is C16H14N4O2S. The zero-order chi connectivity index (χ0) is 16.4. The van der Waals surface area contributed by atoms with Crippen molar-refractivity contribution in [3.63, 3.8) is 0 Å². The number of anilines is 1. The predicted molar refractivity (Wildman–Crippen MR) is 90.9 cm³/mol. The molecule has 3 aromatic rings. The molecule has 7 heteroatoms. The van der Waals surface area contributed by atoms with Crippen LogP contribution in [-0.4, -0.2) is 28.8 Å². The second-order valence-corrected chi connectivity index (χ2v) is 5.96. The number of carbonyl (C=O) groups is 2. The molecule has 0 saturated carbocycles. The molecule has 0 aromatic carbocycles. The van der Waals surface area contributed by atoms with Gasteiger partial charge in [-0.15, -0.1) is 11.3 Å². The van der Waals surface area contributed by atoms with Crippen molar-refractivity contribution in [2.75, 3.05) is 12.4 Å². The number of ketones is 1. The van der Waals surface area contributed by atoms with E-state index in [1.165, 1.54) is 18.3 Å². The number of amides is 2. The van der Waals surface area contributed by atoms with E-state index in [0.29, 0.717) is 10.7 Å². The van der Waals surface area contributed by atoms with E-state index in [-0.39, 0.29) is 11.8 Å².